The third kappa shape index (κ3) is 8.03. The number of ether oxygens (including phenoxy) is 4. The summed E-state index contributed by atoms with van der Waals surface area (Å²) in [7, 11) is 3.36. The fraction of sp³-hybridized carbons (Fsp3) is 0.182. The second kappa shape index (κ2) is 16.2. The Morgan fingerprint density at radius 2 is 1.10 bits per heavy atom. The molecular weight excluding hydrogens is 608 g/mol. The van der Waals surface area contributed by atoms with Crippen molar-refractivity contribution < 1.29 is 24.1 Å². The first-order chi connectivity index (χ1) is 24.1. The minimum atomic E-state index is -0.847. The summed E-state index contributed by atoms with van der Waals surface area (Å²) >= 11 is 0. The van der Waals surface area contributed by atoms with Crippen LogP contribution in [-0.2, 0) is 29.8 Å². The minimum absolute atomic E-state index is 0.139. The van der Waals surface area contributed by atoms with Crippen LogP contribution in [0.1, 0.15) is 33.4 Å². The van der Waals surface area contributed by atoms with Crippen LogP contribution >= 0.6 is 0 Å². The molecule has 6 aromatic rings. The lowest BCUT2D eigenvalue weighted by Crippen LogP contribution is -2.33. The first-order valence-electron chi connectivity index (χ1n) is 16.6. The zero-order valence-electron chi connectivity index (χ0n) is 28.0. The van der Waals surface area contributed by atoms with Gasteiger partial charge in [0.25, 0.3) is 0 Å². The molecule has 0 amide bonds. The van der Waals surface area contributed by atoms with Gasteiger partial charge in [0.1, 0.15) is 29.5 Å². The van der Waals surface area contributed by atoms with Crippen molar-refractivity contribution in [2.45, 2.75) is 25.0 Å². The molecule has 0 unspecified atom stereocenters. The Morgan fingerprint density at radius 1 is 0.490 bits per heavy atom. The van der Waals surface area contributed by atoms with Crippen LogP contribution in [0.25, 0.3) is 11.1 Å². The molecule has 5 nitrogen and oxygen atoms in total. The quantitative estimate of drug-likeness (QED) is 0.112. The number of methoxy groups -OCH3 is 2. The van der Waals surface area contributed by atoms with Gasteiger partial charge in [-0.05, 0) is 93.7 Å². The van der Waals surface area contributed by atoms with E-state index in [1.165, 1.54) is 5.56 Å². The van der Waals surface area contributed by atoms with Crippen molar-refractivity contribution in [3.8, 4) is 28.4 Å². The lowest BCUT2D eigenvalue weighted by Gasteiger charge is -2.36. The predicted molar refractivity (Wildman–Crippen MR) is 195 cm³/mol. The van der Waals surface area contributed by atoms with Crippen LogP contribution in [0.4, 0.5) is 0 Å². The topological polar surface area (TPSA) is 57.2 Å². The van der Waals surface area contributed by atoms with Gasteiger partial charge < -0.3 is 24.1 Å². The molecule has 0 radical (unpaired) electrons. The summed E-state index contributed by atoms with van der Waals surface area (Å²) in [5.41, 5.74) is 7.81. The average Bonchev–Trinajstić information content (AvgIpc) is 3.17. The van der Waals surface area contributed by atoms with Gasteiger partial charge >= 0.3 is 0 Å². The van der Waals surface area contributed by atoms with Crippen molar-refractivity contribution in [2.24, 2.45) is 0 Å². The average molecular weight is 651 g/mol. The highest BCUT2D eigenvalue weighted by atomic mass is 16.5. The Morgan fingerprint density at radius 3 is 1.73 bits per heavy atom. The fourth-order valence-electron chi connectivity index (χ4n) is 6.20. The molecule has 248 valence electrons. The van der Waals surface area contributed by atoms with Crippen molar-refractivity contribution >= 4 is 0 Å². The van der Waals surface area contributed by atoms with E-state index in [-0.39, 0.29) is 6.61 Å². The Bertz CT molecular complexity index is 1850. The van der Waals surface area contributed by atoms with Crippen molar-refractivity contribution in [1.29, 1.82) is 0 Å². The number of hydrogen-bond donors (Lipinski definition) is 1. The fourth-order valence-corrected chi connectivity index (χ4v) is 6.20. The molecule has 6 aromatic carbocycles. The van der Waals surface area contributed by atoms with E-state index in [1.807, 2.05) is 60.7 Å². The maximum absolute atomic E-state index is 9.26. The van der Waals surface area contributed by atoms with E-state index in [0.29, 0.717) is 19.6 Å². The van der Waals surface area contributed by atoms with Crippen molar-refractivity contribution in [3.63, 3.8) is 0 Å². The molecule has 0 saturated heterocycles. The summed E-state index contributed by atoms with van der Waals surface area (Å²) in [6.07, 6.45) is 1.38. The number of aliphatic hydroxyl groups is 1. The summed E-state index contributed by atoms with van der Waals surface area (Å²) in [6, 6.07) is 51.6. The van der Waals surface area contributed by atoms with E-state index in [2.05, 4.69) is 91.0 Å². The summed E-state index contributed by atoms with van der Waals surface area (Å²) in [6.45, 7) is 1.11. The number of benzene rings is 6. The van der Waals surface area contributed by atoms with Crippen LogP contribution in [0.5, 0.6) is 17.2 Å². The van der Waals surface area contributed by atoms with Crippen LogP contribution in [0.3, 0.4) is 0 Å². The van der Waals surface area contributed by atoms with Gasteiger partial charge in [-0.1, -0.05) is 115 Å². The highest BCUT2D eigenvalue weighted by Crippen LogP contribution is 2.42. The SMILES string of the molecule is COc1ccc(C(OCCc2ccc(-c3cccc(OCc4cccc(CCO)c4)c3)cc2)(c2ccccc2)c2ccc(OC)cc2)cc1. The second-order valence-corrected chi connectivity index (χ2v) is 11.9. The zero-order chi connectivity index (χ0) is 33.9. The summed E-state index contributed by atoms with van der Waals surface area (Å²) in [4.78, 5) is 0. The third-order valence-electron chi connectivity index (χ3n) is 8.80. The monoisotopic (exact) mass is 650 g/mol. The Labute approximate surface area is 289 Å². The molecule has 5 heteroatoms. The largest absolute Gasteiger partial charge is 0.497 e. The Kier molecular flexibility index (Phi) is 11.1. The summed E-state index contributed by atoms with van der Waals surface area (Å²) < 4.78 is 24.1. The zero-order valence-corrected chi connectivity index (χ0v) is 28.0. The lowest BCUT2D eigenvalue weighted by molar-refractivity contribution is 0.0147. The molecule has 0 aliphatic carbocycles. The van der Waals surface area contributed by atoms with Gasteiger partial charge in [-0.2, -0.15) is 0 Å². The summed E-state index contributed by atoms with van der Waals surface area (Å²) in [5, 5.41) is 9.26. The first kappa shape index (κ1) is 33.5. The van der Waals surface area contributed by atoms with Crippen LogP contribution in [-0.4, -0.2) is 32.5 Å². The van der Waals surface area contributed by atoms with E-state index in [9.17, 15) is 5.11 Å². The molecule has 0 saturated carbocycles. The van der Waals surface area contributed by atoms with E-state index >= 15 is 0 Å². The van der Waals surface area contributed by atoms with Gasteiger partial charge in [-0.15, -0.1) is 0 Å². The Hall–Kier alpha value is -5.36. The highest BCUT2D eigenvalue weighted by Gasteiger charge is 2.37. The molecule has 0 bridgehead atoms. The second-order valence-electron chi connectivity index (χ2n) is 11.9. The van der Waals surface area contributed by atoms with E-state index in [1.54, 1.807) is 14.2 Å². The smallest absolute Gasteiger partial charge is 0.143 e. The molecule has 0 aromatic heterocycles. The van der Waals surface area contributed by atoms with E-state index in [4.69, 9.17) is 18.9 Å². The van der Waals surface area contributed by atoms with Crippen LogP contribution in [0.2, 0.25) is 0 Å². The van der Waals surface area contributed by atoms with Crippen LogP contribution in [0.15, 0.2) is 152 Å². The molecule has 0 spiro atoms. The van der Waals surface area contributed by atoms with Gasteiger partial charge in [0, 0.05) is 6.61 Å². The van der Waals surface area contributed by atoms with Crippen molar-refractivity contribution in [2.75, 3.05) is 27.4 Å². The molecular formula is C44H42O5. The van der Waals surface area contributed by atoms with Gasteiger partial charge in [-0.25, -0.2) is 0 Å². The number of hydrogen-bond acceptors (Lipinski definition) is 5. The molecule has 6 rings (SSSR count). The third-order valence-corrected chi connectivity index (χ3v) is 8.80. The molecule has 49 heavy (non-hydrogen) atoms. The first-order valence-corrected chi connectivity index (χ1v) is 16.6. The van der Waals surface area contributed by atoms with Crippen LogP contribution < -0.4 is 14.2 Å². The summed E-state index contributed by atoms with van der Waals surface area (Å²) in [5.74, 6) is 2.40. The van der Waals surface area contributed by atoms with Gasteiger partial charge in [0.05, 0.1) is 20.8 Å². The molecule has 0 atom stereocenters. The normalized spacial score (nSPS) is 11.2. The van der Waals surface area contributed by atoms with Crippen molar-refractivity contribution in [1.82, 2.24) is 0 Å². The number of rotatable bonds is 15. The van der Waals surface area contributed by atoms with Gasteiger partial charge in [0.15, 0.2) is 0 Å². The Balaban J connectivity index is 1.19. The van der Waals surface area contributed by atoms with E-state index < -0.39 is 5.60 Å². The molecule has 0 aliphatic heterocycles. The minimum Gasteiger partial charge on any atom is -0.497 e. The maximum atomic E-state index is 9.26. The van der Waals surface area contributed by atoms with Crippen molar-refractivity contribution in [3.05, 3.63) is 185 Å². The highest BCUT2D eigenvalue weighted by molar-refractivity contribution is 5.65. The molecule has 0 aliphatic rings. The molecule has 0 fully saturated rings. The van der Waals surface area contributed by atoms with E-state index in [0.717, 1.165) is 62.6 Å². The lowest BCUT2D eigenvalue weighted by atomic mass is 9.80. The molecule has 1 N–H and O–H groups in total. The molecule has 0 heterocycles. The van der Waals surface area contributed by atoms with Gasteiger partial charge in [-0.3, -0.25) is 0 Å². The van der Waals surface area contributed by atoms with Crippen LogP contribution in [0, 0.1) is 0 Å². The van der Waals surface area contributed by atoms with Gasteiger partial charge in [0.2, 0.25) is 0 Å². The standard InChI is InChI=1S/C44H42O5/c1-46-41-22-18-39(19-23-41)44(38-11-4-3-5-12-38,40-20-24-42(47-2)25-21-40)49-29-27-33-14-16-36(17-15-33)37-10-7-13-43(31-37)48-32-35-9-6-8-34(30-35)26-28-45/h3-25,30-31,45H,26-29,32H2,1-2H3. The maximum Gasteiger partial charge on any atom is 0.143 e. The predicted octanol–water partition coefficient (Wildman–Crippen LogP) is 9.04. The number of aliphatic hydroxyl groups excluding tert-OH is 1.